The fraction of sp³-hybridized carbons (Fsp3) is 0.167. The summed E-state index contributed by atoms with van der Waals surface area (Å²) in [4.78, 5) is 0. The normalized spacial score (nSPS) is 12.4. The highest BCUT2D eigenvalue weighted by Gasteiger charge is 2.12. The molecule has 0 radical (unpaired) electrons. The Balaban J connectivity index is 1.94. The van der Waals surface area contributed by atoms with E-state index in [9.17, 15) is 5.11 Å². The van der Waals surface area contributed by atoms with Gasteiger partial charge in [0.1, 0.15) is 18.5 Å². The van der Waals surface area contributed by atoms with Gasteiger partial charge in [0.25, 0.3) is 0 Å². The van der Waals surface area contributed by atoms with E-state index in [0.717, 1.165) is 15.8 Å². The molecule has 0 bridgehead atoms. The predicted octanol–water partition coefficient (Wildman–Crippen LogP) is 3.62. The molecular formula is C12H11BrO2S. The second-order valence-electron chi connectivity index (χ2n) is 3.31. The summed E-state index contributed by atoms with van der Waals surface area (Å²) in [6.07, 6.45) is -0.596. The van der Waals surface area contributed by atoms with Crippen molar-refractivity contribution in [2.24, 2.45) is 0 Å². The summed E-state index contributed by atoms with van der Waals surface area (Å²) in [6, 6.07) is 9.48. The Kier molecular flexibility index (Phi) is 3.98. The SMILES string of the molecule is OC(COc1ccccc1)c1cscc1Br. The average Bonchev–Trinajstić information content (AvgIpc) is 2.74. The quantitative estimate of drug-likeness (QED) is 0.934. The van der Waals surface area contributed by atoms with Gasteiger partial charge in [0.15, 0.2) is 0 Å². The Bertz CT molecular complexity index is 441. The number of hydrogen-bond acceptors (Lipinski definition) is 3. The van der Waals surface area contributed by atoms with Crippen LogP contribution in [-0.4, -0.2) is 11.7 Å². The summed E-state index contributed by atoms with van der Waals surface area (Å²) < 4.78 is 6.41. The summed E-state index contributed by atoms with van der Waals surface area (Å²) in [5.41, 5.74) is 0.876. The summed E-state index contributed by atoms with van der Waals surface area (Å²) in [5.74, 6) is 0.771. The third-order valence-corrected chi connectivity index (χ3v) is 3.90. The van der Waals surface area contributed by atoms with Gasteiger partial charge in [-0.2, -0.15) is 11.3 Å². The highest BCUT2D eigenvalue weighted by molar-refractivity contribution is 9.10. The molecule has 0 aliphatic rings. The van der Waals surface area contributed by atoms with Crippen molar-refractivity contribution in [3.8, 4) is 5.75 Å². The van der Waals surface area contributed by atoms with Crippen LogP contribution in [0.1, 0.15) is 11.7 Å². The number of aliphatic hydroxyl groups excluding tert-OH is 1. The molecule has 1 unspecified atom stereocenters. The average molecular weight is 299 g/mol. The molecule has 2 rings (SSSR count). The summed E-state index contributed by atoms with van der Waals surface area (Å²) >= 11 is 4.94. The van der Waals surface area contributed by atoms with Crippen molar-refractivity contribution in [1.29, 1.82) is 0 Å². The molecular weight excluding hydrogens is 288 g/mol. The molecule has 1 atom stereocenters. The molecule has 1 N–H and O–H groups in total. The lowest BCUT2D eigenvalue weighted by atomic mass is 10.2. The lowest BCUT2D eigenvalue weighted by molar-refractivity contribution is 0.108. The number of thiophene rings is 1. The van der Waals surface area contributed by atoms with Gasteiger partial charge >= 0.3 is 0 Å². The Morgan fingerprint density at radius 3 is 2.62 bits per heavy atom. The van der Waals surface area contributed by atoms with E-state index in [0.29, 0.717) is 0 Å². The molecule has 0 saturated carbocycles. The van der Waals surface area contributed by atoms with Gasteiger partial charge in [-0.3, -0.25) is 0 Å². The molecule has 1 heterocycles. The molecule has 2 aromatic rings. The van der Waals surface area contributed by atoms with Crippen molar-refractivity contribution in [2.45, 2.75) is 6.10 Å². The van der Waals surface area contributed by atoms with Gasteiger partial charge in [-0.25, -0.2) is 0 Å². The molecule has 1 aromatic carbocycles. The highest BCUT2D eigenvalue weighted by Crippen LogP contribution is 2.27. The van der Waals surface area contributed by atoms with Crippen molar-refractivity contribution in [1.82, 2.24) is 0 Å². The number of para-hydroxylation sites is 1. The number of hydrogen-bond donors (Lipinski definition) is 1. The van der Waals surface area contributed by atoms with E-state index in [1.54, 1.807) is 11.3 Å². The van der Waals surface area contributed by atoms with Crippen LogP contribution in [0, 0.1) is 0 Å². The largest absolute Gasteiger partial charge is 0.491 e. The van der Waals surface area contributed by atoms with Crippen LogP contribution < -0.4 is 4.74 Å². The fourth-order valence-corrected chi connectivity index (χ4v) is 2.92. The van der Waals surface area contributed by atoms with E-state index in [1.807, 2.05) is 41.1 Å². The van der Waals surface area contributed by atoms with Crippen molar-refractivity contribution in [3.63, 3.8) is 0 Å². The van der Waals surface area contributed by atoms with Crippen LogP contribution in [0.3, 0.4) is 0 Å². The number of rotatable bonds is 4. The lowest BCUT2D eigenvalue weighted by Gasteiger charge is -2.11. The van der Waals surface area contributed by atoms with Gasteiger partial charge in [-0.1, -0.05) is 18.2 Å². The summed E-state index contributed by atoms with van der Waals surface area (Å²) in [5, 5.41) is 13.8. The van der Waals surface area contributed by atoms with Crippen LogP contribution in [-0.2, 0) is 0 Å². The summed E-state index contributed by atoms with van der Waals surface area (Å²) in [6.45, 7) is 0.263. The molecule has 4 heteroatoms. The number of ether oxygens (including phenoxy) is 1. The predicted molar refractivity (Wildman–Crippen MR) is 68.9 cm³/mol. The molecule has 0 saturated heterocycles. The number of halogens is 1. The van der Waals surface area contributed by atoms with Gasteiger partial charge in [0, 0.05) is 15.4 Å². The fourth-order valence-electron chi connectivity index (χ4n) is 1.31. The Hall–Kier alpha value is -0.840. The van der Waals surface area contributed by atoms with Crippen molar-refractivity contribution < 1.29 is 9.84 Å². The Morgan fingerprint density at radius 2 is 2.00 bits per heavy atom. The molecule has 0 fully saturated rings. The van der Waals surface area contributed by atoms with E-state index >= 15 is 0 Å². The molecule has 0 amide bonds. The first-order valence-corrected chi connectivity index (χ1v) is 6.58. The maximum atomic E-state index is 9.90. The first kappa shape index (κ1) is 11.6. The molecule has 2 nitrogen and oxygen atoms in total. The van der Waals surface area contributed by atoms with E-state index < -0.39 is 6.10 Å². The number of aliphatic hydroxyl groups is 1. The minimum atomic E-state index is -0.596. The minimum Gasteiger partial charge on any atom is -0.491 e. The molecule has 1 aromatic heterocycles. The van der Waals surface area contributed by atoms with E-state index in [2.05, 4.69) is 15.9 Å². The smallest absolute Gasteiger partial charge is 0.119 e. The van der Waals surface area contributed by atoms with Crippen molar-refractivity contribution in [2.75, 3.05) is 6.61 Å². The van der Waals surface area contributed by atoms with Crippen molar-refractivity contribution >= 4 is 27.3 Å². The van der Waals surface area contributed by atoms with Crippen LogP contribution in [0.5, 0.6) is 5.75 Å². The molecule has 0 aliphatic carbocycles. The third kappa shape index (κ3) is 2.84. The van der Waals surface area contributed by atoms with Gasteiger partial charge < -0.3 is 9.84 Å². The van der Waals surface area contributed by atoms with Gasteiger partial charge in [0.2, 0.25) is 0 Å². The summed E-state index contributed by atoms with van der Waals surface area (Å²) in [7, 11) is 0. The zero-order chi connectivity index (χ0) is 11.4. The van der Waals surface area contributed by atoms with Crippen LogP contribution >= 0.6 is 27.3 Å². The monoisotopic (exact) mass is 298 g/mol. The lowest BCUT2D eigenvalue weighted by Crippen LogP contribution is -2.09. The standard InChI is InChI=1S/C12H11BrO2S/c13-11-8-16-7-10(11)12(14)6-15-9-4-2-1-3-5-9/h1-5,7-8,12,14H,6H2. The Morgan fingerprint density at radius 1 is 1.25 bits per heavy atom. The second-order valence-corrected chi connectivity index (χ2v) is 4.91. The first-order chi connectivity index (χ1) is 7.77. The first-order valence-electron chi connectivity index (χ1n) is 4.85. The zero-order valence-electron chi connectivity index (χ0n) is 8.47. The topological polar surface area (TPSA) is 29.5 Å². The number of benzene rings is 1. The van der Waals surface area contributed by atoms with E-state index in [-0.39, 0.29) is 6.61 Å². The third-order valence-electron chi connectivity index (χ3n) is 2.15. The molecule has 84 valence electrons. The van der Waals surface area contributed by atoms with Crippen LogP contribution in [0.4, 0.5) is 0 Å². The second kappa shape index (κ2) is 5.48. The zero-order valence-corrected chi connectivity index (χ0v) is 10.9. The molecule has 0 aliphatic heterocycles. The van der Waals surface area contributed by atoms with Crippen molar-refractivity contribution in [3.05, 3.63) is 51.1 Å². The van der Waals surface area contributed by atoms with Gasteiger partial charge in [-0.05, 0) is 33.4 Å². The maximum absolute atomic E-state index is 9.90. The van der Waals surface area contributed by atoms with Crippen LogP contribution in [0.2, 0.25) is 0 Å². The van der Waals surface area contributed by atoms with E-state index in [1.165, 1.54) is 0 Å². The minimum absolute atomic E-state index is 0.263. The van der Waals surface area contributed by atoms with Crippen LogP contribution in [0.25, 0.3) is 0 Å². The molecule has 16 heavy (non-hydrogen) atoms. The van der Waals surface area contributed by atoms with Crippen LogP contribution in [0.15, 0.2) is 45.6 Å². The van der Waals surface area contributed by atoms with Gasteiger partial charge in [-0.15, -0.1) is 0 Å². The highest BCUT2D eigenvalue weighted by atomic mass is 79.9. The Labute approximate surface area is 107 Å². The van der Waals surface area contributed by atoms with E-state index in [4.69, 9.17) is 4.74 Å². The van der Waals surface area contributed by atoms with Gasteiger partial charge in [0.05, 0.1) is 0 Å². The molecule has 0 spiro atoms. The maximum Gasteiger partial charge on any atom is 0.119 e.